The number of thiophene rings is 1. The van der Waals surface area contributed by atoms with Gasteiger partial charge in [0.25, 0.3) is 5.56 Å². The Morgan fingerprint density at radius 1 is 1.32 bits per heavy atom. The summed E-state index contributed by atoms with van der Waals surface area (Å²) in [5.41, 5.74) is 5.03. The number of nitrogen functional groups attached to an aromatic ring is 1. The summed E-state index contributed by atoms with van der Waals surface area (Å²) in [5.74, 6) is 5.98. The van der Waals surface area contributed by atoms with E-state index in [4.69, 9.17) is 10.6 Å². The summed E-state index contributed by atoms with van der Waals surface area (Å²) in [6.07, 6.45) is 0.777. The van der Waals surface area contributed by atoms with Crippen molar-refractivity contribution in [2.45, 2.75) is 39.4 Å². The monoisotopic (exact) mass is 356 g/mol. The molecule has 7 heteroatoms. The molecule has 0 atom stereocenters. The molecule has 3 aromatic rings. The van der Waals surface area contributed by atoms with Crippen molar-refractivity contribution in [1.82, 2.24) is 9.55 Å². The average molecular weight is 356 g/mol. The van der Waals surface area contributed by atoms with Crippen LogP contribution in [-0.4, -0.2) is 15.2 Å². The van der Waals surface area contributed by atoms with E-state index in [2.05, 4.69) is 24.3 Å². The Morgan fingerprint density at radius 3 is 2.72 bits per heavy atom. The molecule has 0 saturated heterocycles. The van der Waals surface area contributed by atoms with Crippen LogP contribution in [0, 0.1) is 6.92 Å². The minimum atomic E-state index is -0.223. The zero-order valence-electron chi connectivity index (χ0n) is 14.4. The van der Waals surface area contributed by atoms with Gasteiger partial charge in [-0.05, 0) is 32.9 Å². The number of aromatic nitrogens is 2. The normalized spacial score (nSPS) is 16.0. The fraction of sp³-hybridized carbons (Fsp3) is 0.333. The summed E-state index contributed by atoms with van der Waals surface area (Å²) in [7, 11) is 0. The van der Waals surface area contributed by atoms with Gasteiger partial charge >= 0.3 is 0 Å². The summed E-state index contributed by atoms with van der Waals surface area (Å²) in [6.45, 7) is 6.56. The first kappa shape index (κ1) is 16.3. The molecule has 6 nitrogen and oxygen atoms in total. The van der Waals surface area contributed by atoms with Crippen LogP contribution in [0.15, 0.2) is 29.1 Å². The Hall–Kier alpha value is -2.22. The molecule has 25 heavy (non-hydrogen) atoms. The van der Waals surface area contributed by atoms with E-state index < -0.39 is 0 Å². The third kappa shape index (κ3) is 2.64. The maximum atomic E-state index is 13.3. The molecule has 0 spiro atoms. The summed E-state index contributed by atoms with van der Waals surface area (Å²) in [5, 5.41) is 0.634. The van der Waals surface area contributed by atoms with Crippen molar-refractivity contribution in [3.05, 3.63) is 50.6 Å². The molecule has 0 fully saturated rings. The Bertz CT molecular complexity index is 1020. The van der Waals surface area contributed by atoms with Crippen molar-refractivity contribution in [2.75, 3.05) is 5.43 Å². The first-order valence-corrected chi connectivity index (χ1v) is 8.96. The maximum Gasteiger partial charge on any atom is 0.268 e. The van der Waals surface area contributed by atoms with Gasteiger partial charge in [0.05, 0.1) is 23.3 Å². The molecular weight excluding hydrogens is 336 g/mol. The van der Waals surface area contributed by atoms with Gasteiger partial charge in [-0.2, -0.15) is 0 Å². The molecule has 1 aliphatic heterocycles. The zero-order chi connectivity index (χ0) is 17.8. The Labute approximate surface area is 149 Å². The summed E-state index contributed by atoms with van der Waals surface area (Å²) >= 11 is 1.55. The number of hydrogen-bond donors (Lipinski definition) is 2. The highest BCUT2D eigenvalue weighted by molar-refractivity contribution is 7.18. The van der Waals surface area contributed by atoms with E-state index >= 15 is 0 Å². The van der Waals surface area contributed by atoms with Gasteiger partial charge in [-0.25, -0.2) is 15.4 Å². The predicted molar refractivity (Wildman–Crippen MR) is 100 cm³/mol. The molecule has 0 saturated carbocycles. The first-order valence-electron chi connectivity index (χ1n) is 8.14. The number of rotatable bonds is 2. The fourth-order valence-corrected chi connectivity index (χ4v) is 4.56. The van der Waals surface area contributed by atoms with Crippen LogP contribution >= 0.6 is 11.3 Å². The number of nitrogens with zero attached hydrogens (tertiary/aromatic N) is 2. The molecule has 0 unspecified atom stereocenters. The maximum absolute atomic E-state index is 13.3. The number of nitrogens with two attached hydrogens (primary N) is 1. The quantitative estimate of drug-likeness (QED) is 0.545. The van der Waals surface area contributed by atoms with Crippen molar-refractivity contribution in [2.24, 2.45) is 5.84 Å². The summed E-state index contributed by atoms with van der Waals surface area (Å²) in [4.78, 5) is 19.7. The molecule has 1 aromatic carbocycles. The van der Waals surface area contributed by atoms with Crippen LogP contribution in [-0.2, 0) is 17.8 Å². The molecular formula is C18H20N4O2S. The van der Waals surface area contributed by atoms with Gasteiger partial charge in [0, 0.05) is 16.9 Å². The Kier molecular flexibility index (Phi) is 3.68. The van der Waals surface area contributed by atoms with E-state index in [1.54, 1.807) is 11.3 Å². The average Bonchev–Trinajstić information content (AvgIpc) is 2.92. The van der Waals surface area contributed by atoms with Crippen LogP contribution in [0.5, 0.6) is 0 Å². The summed E-state index contributed by atoms with van der Waals surface area (Å²) < 4.78 is 7.44. The van der Waals surface area contributed by atoms with Crippen LogP contribution in [0.2, 0.25) is 0 Å². The SMILES string of the molecule is Cc1ccc(-n2c(NN)nc3sc4c(c3c2=O)COC(C)(C)C4)cc1. The number of ether oxygens (including phenoxy) is 1. The molecule has 0 radical (unpaired) electrons. The van der Waals surface area contributed by atoms with E-state index in [9.17, 15) is 4.79 Å². The Balaban J connectivity index is 2.00. The smallest absolute Gasteiger partial charge is 0.268 e. The van der Waals surface area contributed by atoms with E-state index in [1.165, 1.54) is 9.44 Å². The molecule has 3 N–H and O–H groups in total. The molecule has 0 amide bonds. The highest BCUT2D eigenvalue weighted by atomic mass is 32.1. The van der Waals surface area contributed by atoms with Crippen LogP contribution in [0.3, 0.4) is 0 Å². The van der Waals surface area contributed by atoms with Crippen LogP contribution in [0.25, 0.3) is 15.9 Å². The second-order valence-electron chi connectivity index (χ2n) is 6.96. The van der Waals surface area contributed by atoms with Gasteiger partial charge in [0.2, 0.25) is 5.95 Å². The van der Waals surface area contributed by atoms with Crippen molar-refractivity contribution in [3.63, 3.8) is 0 Å². The zero-order valence-corrected chi connectivity index (χ0v) is 15.2. The minimum absolute atomic E-state index is 0.123. The molecule has 2 aromatic heterocycles. The van der Waals surface area contributed by atoms with Crippen molar-refractivity contribution < 1.29 is 4.74 Å². The van der Waals surface area contributed by atoms with Crippen LogP contribution in [0.4, 0.5) is 5.95 Å². The predicted octanol–water partition coefficient (Wildman–Crippen LogP) is 2.89. The highest BCUT2D eigenvalue weighted by Gasteiger charge is 2.31. The van der Waals surface area contributed by atoms with E-state index in [0.717, 1.165) is 23.2 Å². The first-order chi connectivity index (χ1) is 11.9. The highest BCUT2D eigenvalue weighted by Crippen LogP contribution is 2.37. The van der Waals surface area contributed by atoms with E-state index in [0.29, 0.717) is 22.8 Å². The van der Waals surface area contributed by atoms with Gasteiger partial charge in [-0.1, -0.05) is 17.7 Å². The lowest BCUT2D eigenvalue weighted by Gasteiger charge is -2.29. The molecule has 1 aliphatic rings. The number of aryl methyl sites for hydroxylation is 1. The van der Waals surface area contributed by atoms with Gasteiger partial charge in [-0.15, -0.1) is 11.3 Å². The lowest BCUT2D eigenvalue weighted by Crippen LogP contribution is -2.31. The third-order valence-electron chi connectivity index (χ3n) is 4.52. The number of benzene rings is 1. The number of nitrogens with one attached hydrogen (secondary N) is 1. The van der Waals surface area contributed by atoms with Gasteiger partial charge < -0.3 is 4.74 Å². The van der Waals surface area contributed by atoms with Crippen molar-refractivity contribution in [1.29, 1.82) is 0 Å². The van der Waals surface area contributed by atoms with Gasteiger partial charge in [0.15, 0.2) is 0 Å². The minimum Gasteiger partial charge on any atom is -0.370 e. The molecule has 0 bridgehead atoms. The van der Waals surface area contributed by atoms with Crippen molar-refractivity contribution >= 4 is 27.5 Å². The second-order valence-corrected chi connectivity index (χ2v) is 8.05. The number of anilines is 1. The Morgan fingerprint density at radius 2 is 2.04 bits per heavy atom. The largest absolute Gasteiger partial charge is 0.370 e. The molecule has 3 heterocycles. The van der Waals surface area contributed by atoms with E-state index in [-0.39, 0.29) is 11.2 Å². The van der Waals surface area contributed by atoms with E-state index in [1.807, 2.05) is 31.2 Å². The standard InChI is InChI=1S/C18H20N4O2S/c1-10-4-6-11(7-5-10)22-16(23)14-12-9-24-18(2,3)8-13(12)25-15(14)20-17(22)21-19/h4-7H,8-9,19H2,1-3H3,(H,20,21). The van der Waals surface area contributed by atoms with Gasteiger partial charge in [0.1, 0.15) is 4.83 Å². The topological polar surface area (TPSA) is 82.2 Å². The van der Waals surface area contributed by atoms with Crippen LogP contribution in [0.1, 0.15) is 29.9 Å². The second kappa shape index (κ2) is 5.66. The fourth-order valence-electron chi connectivity index (χ4n) is 3.18. The lowest BCUT2D eigenvalue weighted by atomic mass is 9.98. The summed E-state index contributed by atoms with van der Waals surface area (Å²) in [6, 6.07) is 7.70. The van der Waals surface area contributed by atoms with Crippen LogP contribution < -0.4 is 16.8 Å². The number of fused-ring (bicyclic) bond motifs is 3. The lowest BCUT2D eigenvalue weighted by molar-refractivity contribution is -0.0382. The number of hydrogen-bond acceptors (Lipinski definition) is 6. The third-order valence-corrected chi connectivity index (χ3v) is 5.65. The number of hydrazine groups is 1. The molecule has 4 rings (SSSR count). The molecule has 0 aliphatic carbocycles. The molecule has 130 valence electrons. The van der Waals surface area contributed by atoms with Gasteiger partial charge in [-0.3, -0.25) is 10.2 Å². The van der Waals surface area contributed by atoms with Crippen molar-refractivity contribution in [3.8, 4) is 5.69 Å².